The van der Waals surface area contributed by atoms with Crippen molar-refractivity contribution in [2.45, 2.75) is 51.7 Å². The smallest absolute Gasteiger partial charge is 0.407 e. The zero-order valence-corrected chi connectivity index (χ0v) is 18.9. The fourth-order valence-corrected chi connectivity index (χ4v) is 5.60. The van der Waals surface area contributed by atoms with E-state index in [1.54, 1.807) is 6.07 Å². The van der Waals surface area contributed by atoms with Gasteiger partial charge in [0.1, 0.15) is 0 Å². The molecule has 2 amide bonds. The summed E-state index contributed by atoms with van der Waals surface area (Å²) in [5.74, 6) is -0.346. The Balaban J connectivity index is 1.70. The first-order chi connectivity index (χ1) is 15.6. The summed E-state index contributed by atoms with van der Waals surface area (Å²) in [5.41, 5.74) is 12.7. The van der Waals surface area contributed by atoms with Gasteiger partial charge in [0.25, 0.3) is 5.91 Å². The Bertz CT molecular complexity index is 1280. The van der Waals surface area contributed by atoms with Crippen molar-refractivity contribution in [3.63, 3.8) is 0 Å². The molecule has 1 atom stereocenters. The van der Waals surface area contributed by atoms with Crippen LogP contribution in [0, 0.1) is 5.92 Å². The summed E-state index contributed by atoms with van der Waals surface area (Å²) in [6.07, 6.45) is 2.13. The maximum Gasteiger partial charge on any atom is 0.407 e. The van der Waals surface area contributed by atoms with Crippen LogP contribution >= 0.6 is 0 Å². The SMILES string of the molecule is CC(C)(O)C1CCc2c([nH]c3c(C(N)=O)ccc(-c4cccc5c4CCN(C(=O)O)C5)c23)C1. The number of primary amides is 1. The number of H-pyrrole nitrogens is 1. The lowest BCUT2D eigenvalue weighted by Gasteiger charge is -2.32. The molecule has 7 nitrogen and oxygen atoms in total. The molecule has 2 aromatic carbocycles. The molecule has 2 aliphatic rings. The van der Waals surface area contributed by atoms with Crippen LogP contribution in [-0.2, 0) is 25.8 Å². The number of aliphatic hydroxyl groups is 1. The molecule has 33 heavy (non-hydrogen) atoms. The highest BCUT2D eigenvalue weighted by atomic mass is 16.4. The molecular weight excluding hydrogens is 418 g/mol. The van der Waals surface area contributed by atoms with Gasteiger partial charge in [-0.3, -0.25) is 4.79 Å². The number of rotatable bonds is 3. The van der Waals surface area contributed by atoms with Gasteiger partial charge in [0.15, 0.2) is 0 Å². The summed E-state index contributed by atoms with van der Waals surface area (Å²) in [5, 5.41) is 21.0. The maximum atomic E-state index is 12.2. The van der Waals surface area contributed by atoms with Gasteiger partial charge in [-0.15, -0.1) is 0 Å². The third-order valence-corrected chi connectivity index (χ3v) is 7.43. The van der Waals surface area contributed by atoms with Crippen molar-refractivity contribution in [2.75, 3.05) is 6.54 Å². The number of nitrogens with two attached hydrogens (primary N) is 1. The third-order valence-electron chi connectivity index (χ3n) is 7.43. The summed E-state index contributed by atoms with van der Waals surface area (Å²) in [7, 11) is 0. The molecular formula is C26H29N3O4. The number of aromatic amines is 1. The van der Waals surface area contributed by atoms with E-state index in [0.29, 0.717) is 31.5 Å². The van der Waals surface area contributed by atoms with Crippen molar-refractivity contribution in [1.82, 2.24) is 9.88 Å². The normalized spacial score (nSPS) is 18.2. The minimum absolute atomic E-state index is 0.130. The average Bonchev–Trinajstić information content (AvgIpc) is 3.15. The standard InChI is InChI=1S/C26H29N3O4/c1-26(2,33)15-6-7-19-21(12-15)28-23-20(24(27)30)9-8-18(22(19)23)17-5-3-4-14-13-29(25(31)32)11-10-16(14)17/h3-5,8-9,15,28,33H,6-7,10-13H2,1-2H3,(H2,27,30)(H,31,32). The second kappa shape index (κ2) is 7.63. The van der Waals surface area contributed by atoms with Gasteiger partial charge in [0, 0.05) is 24.2 Å². The number of carboxylic acid groups (broad SMARTS) is 1. The molecule has 5 rings (SSSR count). The molecule has 0 spiro atoms. The number of nitrogens with zero attached hydrogens (tertiary/aromatic N) is 1. The van der Waals surface area contributed by atoms with Gasteiger partial charge in [-0.25, -0.2) is 4.79 Å². The van der Waals surface area contributed by atoms with E-state index in [9.17, 15) is 19.8 Å². The monoisotopic (exact) mass is 447 g/mol. The van der Waals surface area contributed by atoms with Crippen molar-refractivity contribution in [3.8, 4) is 11.1 Å². The molecule has 1 unspecified atom stereocenters. The predicted molar refractivity (Wildman–Crippen MR) is 126 cm³/mol. The number of hydrogen-bond acceptors (Lipinski definition) is 3. The highest BCUT2D eigenvalue weighted by molar-refractivity contribution is 6.11. The topological polar surface area (TPSA) is 120 Å². The van der Waals surface area contributed by atoms with Crippen LogP contribution in [0.25, 0.3) is 22.0 Å². The van der Waals surface area contributed by atoms with Crippen molar-refractivity contribution < 1.29 is 19.8 Å². The zero-order chi connectivity index (χ0) is 23.5. The van der Waals surface area contributed by atoms with E-state index < -0.39 is 17.6 Å². The maximum absolute atomic E-state index is 12.2. The van der Waals surface area contributed by atoms with E-state index in [1.807, 2.05) is 32.0 Å². The highest BCUT2D eigenvalue weighted by Gasteiger charge is 2.33. The van der Waals surface area contributed by atoms with Gasteiger partial charge < -0.3 is 25.8 Å². The average molecular weight is 448 g/mol. The Hall–Kier alpha value is -3.32. The van der Waals surface area contributed by atoms with Gasteiger partial charge in [-0.2, -0.15) is 0 Å². The van der Waals surface area contributed by atoms with E-state index >= 15 is 0 Å². The lowest BCUT2D eigenvalue weighted by Crippen LogP contribution is -2.35. The largest absolute Gasteiger partial charge is 0.465 e. The van der Waals surface area contributed by atoms with Crippen LogP contribution in [0.15, 0.2) is 30.3 Å². The quantitative estimate of drug-likeness (QED) is 0.487. The number of amides is 2. The Kier molecular flexibility index (Phi) is 4.97. The molecule has 7 heteroatoms. The van der Waals surface area contributed by atoms with Crippen molar-refractivity contribution >= 4 is 22.9 Å². The minimum atomic E-state index is -0.902. The lowest BCUT2D eigenvalue weighted by molar-refractivity contribution is 0.0107. The number of benzene rings is 2. The number of aromatic nitrogens is 1. The molecule has 0 saturated heterocycles. The Morgan fingerprint density at radius 3 is 2.61 bits per heavy atom. The number of aryl methyl sites for hydroxylation is 1. The fraction of sp³-hybridized carbons (Fsp3) is 0.385. The van der Waals surface area contributed by atoms with Crippen LogP contribution in [0.1, 0.15) is 53.0 Å². The van der Waals surface area contributed by atoms with Crippen LogP contribution in [0.5, 0.6) is 0 Å². The first-order valence-corrected chi connectivity index (χ1v) is 11.4. The number of hydrogen-bond donors (Lipinski definition) is 4. The fourth-order valence-electron chi connectivity index (χ4n) is 5.60. The number of nitrogens with one attached hydrogen (secondary N) is 1. The Morgan fingerprint density at radius 2 is 1.91 bits per heavy atom. The number of carbonyl (C=O) groups excluding carboxylic acids is 1. The lowest BCUT2D eigenvalue weighted by atomic mass is 9.77. The van der Waals surface area contributed by atoms with Crippen LogP contribution in [0.4, 0.5) is 4.79 Å². The number of carbonyl (C=O) groups is 2. The molecule has 0 saturated carbocycles. The molecule has 0 bridgehead atoms. The van der Waals surface area contributed by atoms with Gasteiger partial charge in [-0.1, -0.05) is 24.3 Å². The summed E-state index contributed by atoms with van der Waals surface area (Å²) >= 11 is 0. The summed E-state index contributed by atoms with van der Waals surface area (Å²) < 4.78 is 0. The predicted octanol–water partition coefficient (Wildman–Crippen LogP) is 3.85. The summed E-state index contributed by atoms with van der Waals surface area (Å²) in [6, 6.07) is 9.79. The molecule has 0 radical (unpaired) electrons. The van der Waals surface area contributed by atoms with Crippen LogP contribution < -0.4 is 5.73 Å². The van der Waals surface area contributed by atoms with Crippen LogP contribution in [0.2, 0.25) is 0 Å². The molecule has 1 aromatic heterocycles. The van der Waals surface area contributed by atoms with Gasteiger partial charge in [0.05, 0.1) is 16.7 Å². The van der Waals surface area contributed by atoms with Crippen molar-refractivity contribution in [2.24, 2.45) is 11.7 Å². The number of fused-ring (bicyclic) bond motifs is 4. The van der Waals surface area contributed by atoms with Gasteiger partial charge in [-0.05, 0) is 79.3 Å². The summed E-state index contributed by atoms with van der Waals surface area (Å²) in [6.45, 7) is 4.53. The van der Waals surface area contributed by atoms with E-state index in [2.05, 4.69) is 11.1 Å². The van der Waals surface area contributed by atoms with Crippen molar-refractivity contribution in [3.05, 3.63) is 58.3 Å². The molecule has 5 N–H and O–H groups in total. The molecule has 2 heterocycles. The molecule has 0 fully saturated rings. The van der Waals surface area contributed by atoms with Crippen LogP contribution in [-0.4, -0.2) is 44.2 Å². The molecule has 172 valence electrons. The first kappa shape index (κ1) is 21.5. The van der Waals surface area contributed by atoms with Crippen molar-refractivity contribution in [1.29, 1.82) is 0 Å². The first-order valence-electron chi connectivity index (χ1n) is 11.4. The molecule has 1 aliphatic heterocycles. The third kappa shape index (κ3) is 3.56. The van der Waals surface area contributed by atoms with Gasteiger partial charge in [0.2, 0.25) is 0 Å². The Labute approximate surface area is 192 Å². The van der Waals surface area contributed by atoms with E-state index in [1.165, 1.54) is 10.5 Å². The van der Waals surface area contributed by atoms with Crippen LogP contribution in [0.3, 0.4) is 0 Å². The Morgan fingerprint density at radius 1 is 1.12 bits per heavy atom. The minimum Gasteiger partial charge on any atom is -0.465 e. The second-order valence-corrected chi connectivity index (χ2v) is 9.85. The molecule has 3 aromatic rings. The van der Waals surface area contributed by atoms with Gasteiger partial charge >= 0.3 is 6.09 Å². The highest BCUT2D eigenvalue weighted by Crippen LogP contribution is 2.42. The zero-order valence-electron chi connectivity index (χ0n) is 18.9. The summed E-state index contributed by atoms with van der Waals surface area (Å²) in [4.78, 5) is 28.6. The molecule has 1 aliphatic carbocycles. The second-order valence-electron chi connectivity index (χ2n) is 9.85. The van der Waals surface area contributed by atoms with E-state index in [-0.39, 0.29) is 5.92 Å². The van der Waals surface area contributed by atoms with E-state index in [0.717, 1.165) is 51.7 Å². The van der Waals surface area contributed by atoms with E-state index in [4.69, 9.17) is 5.73 Å².